The van der Waals surface area contributed by atoms with Crippen LogP contribution in [0.5, 0.6) is 0 Å². The summed E-state index contributed by atoms with van der Waals surface area (Å²) in [6.45, 7) is 2.19. The van der Waals surface area contributed by atoms with Gasteiger partial charge < -0.3 is 21.5 Å². The Kier molecular flexibility index (Phi) is 5.79. The number of rotatable bonds is 6. The van der Waals surface area contributed by atoms with Crippen LogP contribution in [0.1, 0.15) is 45.4 Å². The van der Waals surface area contributed by atoms with Crippen LogP contribution in [0, 0.1) is 5.92 Å². The SMILES string of the molecule is CCC1CCC(NC(=O)NCCC(N)=O)(C(=O)O)CC1. The fourth-order valence-electron chi connectivity index (χ4n) is 2.53. The lowest BCUT2D eigenvalue weighted by Crippen LogP contribution is -2.58. The van der Waals surface area contributed by atoms with E-state index in [9.17, 15) is 19.5 Å². The molecule has 0 spiro atoms. The zero-order valence-corrected chi connectivity index (χ0v) is 11.8. The molecule has 7 nitrogen and oxygen atoms in total. The predicted octanol–water partition coefficient (Wildman–Crippen LogP) is 0.585. The Labute approximate surface area is 118 Å². The molecule has 1 fully saturated rings. The molecule has 1 aliphatic rings. The molecule has 0 heterocycles. The van der Waals surface area contributed by atoms with Crippen molar-refractivity contribution in [3.8, 4) is 0 Å². The molecule has 0 unspecified atom stereocenters. The molecule has 0 bridgehead atoms. The number of nitrogens with one attached hydrogen (secondary N) is 2. The fraction of sp³-hybridized carbons (Fsp3) is 0.769. The first kappa shape index (κ1) is 16.3. The standard InChI is InChI=1S/C13H23N3O4/c1-2-9-3-6-13(7-4-9,11(18)19)16-12(20)15-8-5-10(14)17/h9H,2-8H2,1H3,(H2,14,17)(H,18,19)(H2,15,16,20). The Balaban J connectivity index is 2.53. The van der Waals surface area contributed by atoms with E-state index in [-0.39, 0.29) is 13.0 Å². The Morgan fingerprint density at radius 2 is 1.90 bits per heavy atom. The summed E-state index contributed by atoms with van der Waals surface area (Å²) in [6.07, 6.45) is 3.52. The molecule has 0 saturated heterocycles. The number of carboxylic acid groups (broad SMARTS) is 1. The summed E-state index contributed by atoms with van der Waals surface area (Å²) >= 11 is 0. The molecule has 20 heavy (non-hydrogen) atoms. The van der Waals surface area contributed by atoms with Crippen LogP contribution in [0.3, 0.4) is 0 Å². The van der Waals surface area contributed by atoms with Crippen molar-refractivity contribution in [2.24, 2.45) is 11.7 Å². The van der Waals surface area contributed by atoms with Crippen molar-refractivity contribution in [3.05, 3.63) is 0 Å². The second-order valence-corrected chi connectivity index (χ2v) is 5.34. The molecule has 5 N–H and O–H groups in total. The summed E-state index contributed by atoms with van der Waals surface area (Å²) in [4.78, 5) is 33.8. The van der Waals surface area contributed by atoms with Crippen LogP contribution < -0.4 is 16.4 Å². The normalized spacial score (nSPS) is 25.8. The topological polar surface area (TPSA) is 122 Å². The van der Waals surface area contributed by atoms with E-state index in [1.807, 2.05) is 0 Å². The third-order valence-electron chi connectivity index (χ3n) is 3.96. The molecule has 1 aliphatic carbocycles. The number of carbonyl (C=O) groups is 3. The van der Waals surface area contributed by atoms with Crippen LogP contribution in [0.25, 0.3) is 0 Å². The van der Waals surface area contributed by atoms with Crippen molar-refractivity contribution in [3.63, 3.8) is 0 Å². The quantitative estimate of drug-likeness (QED) is 0.570. The van der Waals surface area contributed by atoms with Crippen molar-refractivity contribution in [1.29, 1.82) is 0 Å². The second-order valence-electron chi connectivity index (χ2n) is 5.34. The van der Waals surface area contributed by atoms with E-state index in [0.29, 0.717) is 18.8 Å². The lowest BCUT2D eigenvalue weighted by atomic mass is 9.75. The molecule has 3 amide bonds. The van der Waals surface area contributed by atoms with Crippen LogP contribution in [-0.4, -0.2) is 35.1 Å². The minimum atomic E-state index is -1.19. The first-order chi connectivity index (χ1) is 9.39. The van der Waals surface area contributed by atoms with E-state index in [1.165, 1.54) is 0 Å². The van der Waals surface area contributed by atoms with E-state index in [2.05, 4.69) is 17.6 Å². The number of hydrogen-bond donors (Lipinski definition) is 4. The number of primary amides is 1. The average Bonchev–Trinajstić information content (AvgIpc) is 2.38. The van der Waals surface area contributed by atoms with Gasteiger partial charge in [-0.3, -0.25) is 4.79 Å². The average molecular weight is 285 g/mol. The van der Waals surface area contributed by atoms with Crippen LogP contribution in [0.15, 0.2) is 0 Å². The predicted molar refractivity (Wildman–Crippen MR) is 73.0 cm³/mol. The van der Waals surface area contributed by atoms with Crippen LogP contribution in [0.2, 0.25) is 0 Å². The van der Waals surface area contributed by atoms with Crippen LogP contribution >= 0.6 is 0 Å². The maximum absolute atomic E-state index is 11.7. The molecule has 0 aromatic carbocycles. The van der Waals surface area contributed by atoms with Crippen molar-refractivity contribution in [1.82, 2.24) is 10.6 Å². The van der Waals surface area contributed by atoms with Gasteiger partial charge in [0.05, 0.1) is 0 Å². The monoisotopic (exact) mass is 285 g/mol. The number of nitrogens with two attached hydrogens (primary N) is 1. The second kappa shape index (κ2) is 7.12. The molecule has 1 saturated carbocycles. The summed E-state index contributed by atoms with van der Waals surface area (Å²) in [5.41, 5.74) is 3.77. The number of hydrogen-bond acceptors (Lipinski definition) is 3. The zero-order chi connectivity index (χ0) is 15.2. The first-order valence-corrected chi connectivity index (χ1v) is 6.97. The summed E-state index contributed by atoms with van der Waals surface area (Å²) in [5, 5.41) is 14.4. The van der Waals surface area contributed by atoms with Gasteiger partial charge in [0.15, 0.2) is 0 Å². The van der Waals surface area contributed by atoms with E-state index in [4.69, 9.17) is 5.73 Å². The van der Waals surface area contributed by atoms with Gasteiger partial charge in [0.25, 0.3) is 0 Å². The highest BCUT2D eigenvalue weighted by Crippen LogP contribution is 2.33. The van der Waals surface area contributed by atoms with Gasteiger partial charge in [-0.05, 0) is 31.6 Å². The highest BCUT2D eigenvalue weighted by atomic mass is 16.4. The summed E-state index contributed by atoms with van der Waals surface area (Å²) in [5.74, 6) is -0.985. The minimum Gasteiger partial charge on any atom is -0.480 e. The number of amides is 3. The lowest BCUT2D eigenvalue weighted by Gasteiger charge is -2.37. The van der Waals surface area contributed by atoms with Crippen molar-refractivity contribution < 1.29 is 19.5 Å². The van der Waals surface area contributed by atoms with Crippen molar-refractivity contribution in [2.75, 3.05) is 6.54 Å². The Bertz CT molecular complexity index is 376. The van der Waals surface area contributed by atoms with Gasteiger partial charge in [-0.15, -0.1) is 0 Å². The highest BCUT2D eigenvalue weighted by molar-refractivity contribution is 5.86. The molecule has 114 valence electrons. The molecular formula is C13H23N3O4. The Hall–Kier alpha value is -1.79. The number of urea groups is 1. The molecular weight excluding hydrogens is 262 g/mol. The van der Waals surface area contributed by atoms with E-state index >= 15 is 0 Å². The highest BCUT2D eigenvalue weighted by Gasteiger charge is 2.42. The molecule has 0 atom stereocenters. The molecule has 1 rings (SSSR count). The smallest absolute Gasteiger partial charge is 0.329 e. The third-order valence-corrected chi connectivity index (χ3v) is 3.96. The summed E-state index contributed by atoms with van der Waals surface area (Å²) in [6, 6.07) is -0.566. The van der Waals surface area contributed by atoms with Gasteiger partial charge in [0.1, 0.15) is 5.54 Å². The minimum absolute atomic E-state index is 0.0331. The Morgan fingerprint density at radius 3 is 2.35 bits per heavy atom. The number of aliphatic carboxylic acids is 1. The Morgan fingerprint density at radius 1 is 1.30 bits per heavy atom. The summed E-state index contributed by atoms with van der Waals surface area (Å²) < 4.78 is 0. The van der Waals surface area contributed by atoms with Crippen LogP contribution in [-0.2, 0) is 9.59 Å². The molecule has 0 radical (unpaired) electrons. The maximum atomic E-state index is 11.7. The molecule has 0 aliphatic heterocycles. The summed E-state index contributed by atoms with van der Waals surface area (Å²) in [7, 11) is 0. The van der Waals surface area contributed by atoms with Crippen molar-refractivity contribution >= 4 is 17.9 Å². The van der Waals surface area contributed by atoms with Gasteiger partial charge in [0, 0.05) is 13.0 Å². The molecule has 0 aromatic heterocycles. The van der Waals surface area contributed by atoms with E-state index in [0.717, 1.165) is 19.3 Å². The zero-order valence-electron chi connectivity index (χ0n) is 11.8. The molecule has 7 heteroatoms. The van der Waals surface area contributed by atoms with Gasteiger partial charge in [0.2, 0.25) is 5.91 Å². The number of carbonyl (C=O) groups excluding carboxylic acids is 2. The van der Waals surface area contributed by atoms with Gasteiger partial charge in [-0.2, -0.15) is 0 Å². The number of carboxylic acids is 1. The lowest BCUT2D eigenvalue weighted by molar-refractivity contribution is -0.146. The molecule has 0 aromatic rings. The van der Waals surface area contributed by atoms with E-state index in [1.54, 1.807) is 0 Å². The third kappa shape index (κ3) is 4.40. The first-order valence-electron chi connectivity index (χ1n) is 6.97. The van der Waals surface area contributed by atoms with Gasteiger partial charge in [-0.1, -0.05) is 13.3 Å². The fourth-order valence-corrected chi connectivity index (χ4v) is 2.53. The van der Waals surface area contributed by atoms with E-state index < -0.39 is 23.4 Å². The largest absolute Gasteiger partial charge is 0.480 e. The maximum Gasteiger partial charge on any atom is 0.329 e. The van der Waals surface area contributed by atoms with Crippen molar-refractivity contribution in [2.45, 2.75) is 51.0 Å². The van der Waals surface area contributed by atoms with Gasteiger partial charge in [-0.25, -0.2) is 9.59 Å². The van der Waals surface area contributed by atoms with Crippen LogP contribution in [0.4, 0.5) is 4.79 Å². The van der Waals surface area contributed by atoms with Gasteiger partial charge >= 0.3 is 12.0 Å².